The molecule has 3 N–H and O–H groups in total. The maximum absolute atomic E-state index is 13.1. The molecule has 2 fully saturated rings. The number of aromatic nitrogens is 1. The van der Waals surface area contributed by atoms with Crippen LogP contribution < -0.4 is 25.4 Å². The molecule has 7 heteroatoms. The fourth-order valence-corrected chi connectivity index (χ4v) is 5.42. The van der Waals surface area contributed by atoms with Gasteiger partial charge in [0.2, 0.25) is 5.69 Å². The van der Waals surface area contributed by atoms with Crippen molar-refractivity contribution in [3.8, 4) is 18.1 Å². The Balaban J connectivity index is 1.37. The van der Waals surface area contributed by atoms with Crippen molar-refractivity contribution < 1.29 is 24.6 Å². The second kappa shape index (κ2) is 9.94. The molecular formula is C29H34N3O4+. The van der Waals surface area contributed by atoms with E-state index in [9.17, 15) is 15.1 Å². The number of hydrogen-bond donors (Lipinski definition) is 3. The van der Waals surface area contributed by atoms with E-state index in [0.29, 0.717) is 49.3 Å². The van der Waals surface area contributed by atoms with Crippen LogP contribution >= 0.6 is 0 Å². The van der Waals surface area contributed by atoms with E-state index < -0.39 is 11.5 Å². The Bertz CT molecular complexity index is 1320. The van der Waals surface area contributed by atoms with Crippen LogP contribution in [0.5, 0.6) is 5.75 Å². The fraction of sp³-hybridized carbons (Fsp3) is 0.483. The van der Waals surface area contributed by atoms with Gasteiger partial charge < -0.3 is 15.2 Å². The third-order valence-corrected chi connectivity index (χ3v) is 7.65. The molecule has 2 heterocycles. The van der Waals surface area contributed by atoms with Gasteiger partial charge in [0.05, 0.1) is 17.7 Å². The Hall–Kier alpha value is -3.37. The maximum Gasteiger partial charge on any atom is 0.325 e. The van der Waals surface area contributed by atoms with E-state index in [1.165, 1.54) is 0 Å². The number of nitrogens with zero attached hydrogens (tertiary/aromatic N) is 2. The summed E-state index contributed by atoms with van der Waals surface area (Å²) in [6.45, 7) is 3.06. The van der Waals surface area contributed by atoms with Crippen LogP contribution in [-0.4, -0.2) is 35.0 Å². The van der Waals surface area contributed by atoms with Crippen LogP contribution in [0.15, 0.2) is 35.3 Å². The number of rotatable bonds is 7. The van der Waals surface area contributed by atoms with Crippen LogP contribution in [0.25, 0.3) is 6.08 Å². The van der Waals surface area contributed by atoms with E-state index in [2.05, 4.69) is 17.3 Å². The first-order valence-electron chi connectivity index (χ1n) is 13.0. The molecule has 0 spiro atoms. The summed E-state index contributed by atoms with van der Waals surface area (Å²) in [6.07, 6.45) is 13.9. The van der Waals surface area contributed by atoms with Gasteiger partial charge in [-0.25, -0.2) is 0 Å². The lowest BCUT2D eigenvalue weighted by Crippen LogP contribution is -2.43. The first-order valence-corrected chi connectivity index (χ1v) is 13.0. The highest BCUT2D eigenvalue weighted by Crippen LogP contribution is 2.38. The van der Waals surface area contributed by atoms with E-state index in [4.69, 9.17) is 16.2 Å². The van der Waals surface area contributed by atoms with Crippen LogP contribution in [0.4, 0.5) is 5.69 Å². The van der Waals surface area contributed by atoms with Crippen molar-refractivity contribution >= 4 is 17.7 Å². The molecule has 36 heavy (non-hydrogen) atoms. The predicted octanol–water partition coefficient (Wildman–Crippen LogP) is 2.71. The fourth-order valence-electron chi connectivity index (χ4n) is 5.42. The molecule has 1 aliphatic heterocycles. The van der Waals surface area contributed by atoms with Crippen molar-refractivity contribution in [2.75, 3.05) is 18.5 Å². The van der Waals surface area contributed by atoms with Gasteiger partial charge in [0.15, 0.2) is 0 Å². The smallest absolute Gasteiger partial charge is 0.325 e. The number of amides is 1. The van der Waals surface area contributed by atoms with Gasteiger partial charge in [0, 0.05) is 35.4 Å². The maximum atomic E-state index is 13.1. The topological polar surface area (TPSA) is 95.0 Å². The number of terminal acetylenes is 1. The third kappa shape index (κ3) is 5.10. The SMILES string of the molecule is C#CC1(O)CCC(CC2C=c3cc(NC(=O)c4cccc(C5CC5)[n+]4O)c(OCC)cc3=NC2)CC1. The molecular weight excluding hydrogens is 454 g/mol. The minimum Gasteiger partial charge on any atom is -0.492 e. The molecule has 1 aromatic carbocycles. The van der Waals surface area contributed by atoms with Gasteiger partial charge in [0.1, 0.15) is 11.4 Å². The number of carbonyl (C=O) groups is 1. The van der Waals surface area contributed by atoms with Gasteiger partial charge in [-0.1, -0.05) is 12.0 Å². The Kier molecular flexibility index (Phi) is 6.72. The minimum atomic E-state index is -0.947. The van der Waals surface area contributed by atoms with E-state index in [-0.39, 0.29) is 11.6 Å². The number of nitrogens with one attached hydrogen (secondary N) is 1. The lowest BCUT2D eigenvalue weighted by Gasteiger charge is -2.33. The monoisotopic (exact) mass is 488 g/mol. The Morgan fingerprint density at radius 2 is 2.06 bits per heavy atom. The summed E-state index contributed by atoms with van der Waals surface area (Å²) in [5.41, 5.74) is 0.561. The molecule has 2 saturated carbocycles. The highest BCUT2D eigenvalue weighted by molar-refractivity contribution is 6.02. The summed E-state index contributed by atoms with van der Waals surface area (Å²) in [4.78, 5) is 18.0. The van der Waals surface area contributed by atoms with Crippen molar-refractivity contribution in [3.05, 3.63) is 52.3 Å². The summed E-state index contributed by atoms with van der Waals surface area (Å²) in [5.74, 6) is 3.82. The Morgan fingerprint density at radius 1 is 1.28 bits per heavy atom. The van der Waals surface area contributed by atoms with Crippen molar-refractivity contribution in [1.29, 1.82) is 0 Å². The Morgan fingerprint density at radius 3 is 2.75 bits per heavy atom. The highest BCUT2D eigenvalue weighted by atomic mass is 16.5. The van der Waals surface area contributed by atoms with Gasteiger partial charge >= 0.3 is 11.6 Å². The zero-order chi connectivity index (χ0) is 25.3. The standard InChI is InChI=1S/C29H33N3O4/c1-3-29(34)12-10-19(11-13-29)14-20-15-22-16-24(27(36-4-2)17-23(22)30-18-20)31-28(33)26-7-5-6-25(32(26)35)21-8-9-21/h1,5-7,15-17,19-21,34H,4,8-14,18H2,2H3,(H-,31,33,35)/p+1. The minimum absolute atomic E-state index is 0.190. The zero-order valence-corrected chi connectivity index (χ0v) is 20.7. The van der Waals surface area contributed by atoms with Crippen LogP contribution in [-0.2, 0) is 0 Å². The average Bonchev–Trinajstić information content (AvgIpc) is 3.72. The third-order valence-electron chi connectivity index (χ3n) is 7.65. The van der Waals surface area contributed by atoms with E-state index in [0.717, 1.165) is 53.1 Å². The molecule has 5 rings (SSSR count). The Labute approximate surface area is 211 Å². The van der Waals surface area contributed by atoms with E-state index in [1.54, 1.807) is 12.1 Å². The molecule has 1 unspecified atom stereocenters. The van der Waals surface area contributed by atoms with Crippen LogP contribution in [0.2, 0.25) is 0 Å². The van der Waals surface area contributed by atoms with Crippen LogP contribution in [0, 0.1) is 24.2 Å². The molecule has 0 saturated heterocycles. The number of fused-ring (bicyclic) bond motifs is 1. The van der Waals surface area contributed by atoms with Gasteiger partial charge in [-0.15, -0.1) is 6.42 Å². The van der Waals surface area contributed by atoms with E-state index >= 15 is 0 Å². The summed E-state index contributed by atoms with van der Waals surface area (Å²) < 4.78 is 6.83. The van der Waals surface area contributed by atoms with Gasteiger partial charge in [-0.3, -0.25) is 15.0 Å². The van der Waals surface area contributed by atoms with Crippen molar-refractivity contribution in [2.45, 2.75) is 63.4 Å². The summed E-state index contributed by atoms with van der Waals surface area (Å²) >= 11 is 0. The normalized spacial score (nSPS) is 25.0. The number of pyridine rings is 1. The number of hydrogen-bond acceptors (Lipinski definition) is 5. The number of aliphatic hydroxyl groups is 1. The number of carbonyl (C=O) groups excluding carboxylic acids is 1. The molecule has 188 valence electrons. The van der Waals surface area contributed by atoms with Crippen LogP contribution in [0.3, 0.4) is 0 Å². The number of anilines is 1. The highest BCUT2D eigenvalue weighted by Gasteiger charge is 2.36. The van der Waals surface area contributed by atoms with Crippen molar-refractivity contribution in [1.82, 2.24) is 0 Å². The largest absolute Gasteiger partial charge is 0.492 e. The molecule has 0 radical (unpaired) electrons. The van der Waals surface area contributed by atoms with Gasteiger partial charge in [0.25, 0.3) is 0 Å². The van der Waals surface area contributed by atoms with E-state index in [1.807, 2.05) is 25.1 Å². The molecule has 2 aromatic rings. The number of benzene rings is 1. The molecule has 1 aromatic heterocycles. The van der Waals surface area contributed by atoms with Crippen LogP contribution in [0.1, 0.15) is 74.0 Å². The zero-order valence-electron chi connectivity index (χ0n) is 20.7. The average molecular weight is 489 g/mol. The van der Waals surface area contributed by atoms with Gasteiger partial charge in [-0.2, -0.15) is 0 Å². The quantitative estimate of drug-likeness (QED) is 0.317. The van der Waals surface area contributed by atoms with Crippen molar-refractivity contribution in [3.63, 3.8) is 0 Å². The molecule has 2 aliphatic carbocycles. The van der Waals surface area contributed by atoms with Crippen molar-refractivity contribution in [2.24, 2.45) is 16.8 Å². The molecule has 3 aliphatic rings. The molecule has 0 bridgehead atoms. The van der Waals surface area contributed by atoms with Gasteiger partial charge in [-0.05, 0) is 81.1 Å². The second-order valence-electron chi connectivity index (χ2n) is 10.3. The second-order valence-corrected chi connectivity index (χ2v) is 10.3. The molecule has 7 nitrogen and oxygen atoms in total. The molecule has 1 amide bonds. The summed E-state index contributed by atoms with van der Waals surface area (Å²) in [5, 5.41) is 25.7. The first-order chi connectivity index (χ1) is 17.4. The summed E-state index contributed by atoms with van der Waals surface area (Å²) in [7, 11) is 0. The number of ether oxygens (including phenoxy) is 1. The first kappa shape index (κ1) is 24.3. The summed E-state index contributed by atoms with van der Waals surface area (Å²) in [6, 6.07) is 9.07. The molecule has 1 atom stereocenters. The lowest BCUT2D eigenvalue weighted by atomic mass is 9.76. The lowest BCUT2D eigenvalue weighted by molar-refractivity contribution is -0.910. The predicted molar refractivity (Wildman–Crippen MR) is 135 cm³/mol.